The molecule has 0 unspecified atom stereocenters. The van der Waals surface area contributed by atoms with Crippen molar-refractivity contribution in [2.75, 3.05) is 27.3 Å². The number of nitrogens with zero attached hydrogens (tertiary/aromatic N) is 2. The van der Waals surface area contributed by atoms with Crippen LogP contribution in [0.3, 0.4) is 0 Å². The monoisotopic (exact) mass is 342 g/mol. The van der Waals surface area contributed by atoms with Gasteiger partial charge in [0.15, 0.2) is 0 Å². The van der Waals surface area contributed by atoms with Gasteiger partial charge in [0.1, 0.15) is 0 Å². The molecule has 0 saturated carbocycles. The van der Waals surface area contributed by atoms with Crippen LogP contribution in [0.2, 0.25) is 0 Å². The van der Waals surface area contributed by atoms with Gasteiger partial charge in [-0.2, -0.15) is 0 Å². The Morgan fingerprint density at radius 3 is 1.65 bits per heavy atom. The second-order valence-corrected chi connectivity index (χ2v) is 7.34. The summed E-state index contributed by atoms with van der Waals surface area (Å²) >= 11 is 0. The first-order valence-corrected chi connectivity index (χ1v) is 9.36. The van der Waals surface area contributed by atoms with E-state index >= 15 is 0 Å². The van der Waals surface area contributed by atoms with Crippen LogP contribution in [0.25, 0.3) is 32.3 Å². The molecule has 0 spiro atoms. The Hall–Kier alpha value is -2.42. The first-order chi connectivity index (χ1) is 12.7. The Morgan fingerprint density at radius 1 is 0.654 bits per heavy atom. The van der Waals surface area contributed by atoms with Crippen molar-refractivity contribution < 1.29 is 0 Å². The van der Waals surface area contributed by atoms with Crippen molar-refractivity contribution in [2.24, 2.45) is 0 Å². The lowest BCUT2D eigenvalue weighted by molar-refractivity contribution is 0.177. The Bertz CT molecular complexity index is 1030. The predicted octanol–water partition coefficient (Wildman–Crippen LogP) is 5.49. The lowest BCUT2D eigenvalue weighted by Crippen LogP contribution is -2.32. The summed E-state index contributed by atoms with van der Waals surface area (Å²) < 4.78 is 0. The van der Waals surface area contributed by atoms with Gasteiger partial charge in [-0.1, -0.05) is 67.6 Å². The van der Waals surface area contributed by atoms with Crippen LogP contribution in [0.4, 0.5) is 0 Å². The summed E-state index contributed by atoms with van der Waals surface area (Å²) in [6.45, 7) is 5.24. The number of fused-ring (bicyclic) bond motifs is 6. The molecule has 0 saturated heterocycles. The Kier molecular flexibility index (Phi) is 4.62. The number of hydrogen-bond acceptors (Lipinski definition) is 2. The van der Waals surface area contributed by atoms with E-state index in [0.717, 1.165) is 19.8 Å². The SMILES string of the molecule is CCN(Cc1ccc2c3ccccc3c3ccccc3c2c1)CN(C)C. The van der Waals surface area contributed by atoms with Crippen LogP contribution in [0.15, 0.2) is 66.7 Å². The quantitative estimate of drug-likeness (QED) is 0.350. The second kappa shape index (κ2) is 7.06. The van der Waals surface area contributed by atoms with Gasteiger partial charge in [0.2, 0.25) is 0 Å². The van der Waals surface area contributed by atoms with Crippen molar-refractivity contribution in [1.82, 2.24) is 9.80 Å². The van der Waals surface area contributed by atoms with Gasteiger partial charge in [-0.15, -0.1) is 0 Å². The topological polar surface area (TPSA) is 6.48 Å². The normalized spacial score (nSPS) is 12.0. The highest BCUT2D eigenvalue weighted by atomic mass is 15.3. The zero-order valence-electron chi connectivity index (χ0n) is 15.9. The Morgan fingerprint density at radius 2 is 1.15 bits per heavy atom. The zero-order valence-corrected chi connectivity index (χ0v) is 15.9. The van der Waals surface area contributed by atoms with Crippen LogP contribution in [0.1, 0.15) is 12.5 Å². The molecule has 0 atom stereocenters. The molecule has 0 heterocycles. The van der Waals surface area contributed by atoms with E-state index in [1.54, 1.807) is 0 Å². The van der Waals surface area contributed by atoms with Crippen LogP contribution in [0.5, 0.6) is 0 Å². The third kappa shape index (κ3) is 3.07. The number of benzene rings is 4. The van der Waals surface area contributed by atoms with Crippen LogP contribution < -0.4 is 0 Å². The maximum absolute atomic E-state index is 2.46. The van der Waals surface area contributed by atoms with Gasteiger partial charge in [-0.3, -0.25) is 9.80 Å². The summed E-state index contributed by atoms with van der Waals surface area (Å²) in [5.74, 6) is 0. The predicted molar refractivity (Wildman–Crippen MR) is 114 cm³/mol. The molecule has 4 aromatic rings. The molecule has 0 bridgehead atoms. The lowest BCUT2D eigenvalue weighted by atomic mass is 9.93. The van der Waals surface area contributed by atoms with E-state index in [4.69, 9.17) is 0 Å². The summed E-state index contributed by atoms with van der Waals surface area (Å²) in [6.07, 6.45) is 0. The fraction of sp³-hybridized carbons (Fsp3) is 0.250. The molecule has 0 aliphatic carbocycles. The van der Waals surface area contributed by atoms with Crippen molar-refractivity contribution in [1.29, 1.82) is 0 Å². The van der Waals surface area contributed by atoms with Crippen molar-refractivity contribution in [3.05, 3.63) is 72.3 Å². The van der Waals surface area contributed by atoms with Gasteiger partial charge < -0.3 is 0 Å². The summed E-state index contributed by atoms with van der Waals surface area (Å²) in [7, 11) is 4.26. The third-order valence-corrected chi connectivity index (χ3v) is 5.14. The van der Waals surface area contributed by atoms with Gasteiger partial charge in [0.05, 0.1) is 6.67 Å². The molecule has 0 aliphatic heterocycles. The maximum atomic E-state index is 2.46. The average Bonchev–Trinajstić information content (AvgIpc) is 2.67. The highest BCUT2D eigenvalue weighted by molar-refractivity contribution is 6.25. The van der Waals surface area contributed by atoms with E-state index in [2.05, 4.69) is 97.5 Å². The molecule has 0 aromatic heterocycles. The molecule has 0 N–H and O–H groups in total. The first kappa shape index (κ1) is 17.0. The first-order valence-electron chi connectivity index (χ1n) is 9.36. The largest absolute Gasteiger partial charge is 0.297 e. The van der Waals surface area contributed by atoms with Gasteiger partial charge in [0.25, 0.3) is 0 Å². The third-order valence-electron chi connectivity index (χ3n) is 5.14. The molecule has 0 aliphatic rings. The minimum absolute atomic E-state index is 0.978. The lowest BCUT2D eigenvalue weighted by Gasteiger charge is -2.24. The standard InChI is InChI=1S/C24H26N2/c1-4-26(17-25(2)3)16-18-13-14-23-21-11-6-5-9-19(21)20-10-7-8-12-22(20)24(23)15-18/h5-15H,4,16-17H2,1-3H3. The van der Waals surface area contributed by atoms with E-state index in [0.29, 0.717) is 0 Å². The van der Waals surface area contributed by atoms with Gasteiger partial charge in [0, 0.05) is 6.54 Å². The highest BCUT2D eigenvalue weighted by Crippen LogP contribution is 2.35. The van der Waals surface area contributed by atoms with Crippen LogP contribution in [0, 0.1) is 0 Å². The van der Waals surface area contributed by atoms with Gasteiger partial charge in [-0.05, 0) is 64.6 Å². The van der Waals surface area contributed by atoms with Crippen LogP contribution >= 0.6 is 0 Å². The molecule has 26 heavy (non-hydrogen) atoms. The molecule has 2 heteroatoms. The van der Waals surface area contributed by atoms with E-state index < -0.39 is 0 Å². The minimum atomic E-state index is 0.978. The van der Waals surface area contributed by atoms with Crippen molar-refractivity contribution in [3.63, 3.8) is 0 Å². The molecule has 0 radical (unpaired) electrons. The molecule has 132 valence electrons. The smallest absolute Gasteiger partial charge is 0.0503 e. The summed E-state index contributed by atoms with van der Waals surface area (Å²) in [5.41, 5.74) is 1.38. The fourth-order valence-corrected chi connectivity index (χ4v) is 3.97. The molecule has 2 nitrogen and oxygen atoms in total. The summed E-state index contributed by atoms with van der Waals surface area (Å²) in [5, 5.41) is 8.07. The van der Waals surface area contributed by atoms with E-state index in [1.165, 1.54) is 37.9 Å². The molecular weight excluding hydrogens is 316 g/mol. The molecule has 4 rings (SSSR count). The van der Waals surface area contributed by atoms with Crippen LogP contribution in [-0.4, -0.2) is 37.1 Å². The van der Waals surface area contributed by atoms with Crippen molar-refractivity contribution in [2.45, 2.75) is 13.5 Å². The zero-order chi connectivity index (χ0) is 18.1. The van der Waals surface area contributed by atoms with Gasteiger partial charge in [-0.25, -0.2) is 0 Å². The molecule has 0 amide bonds. The number of hydrogen-bond donors (Lipinski definition) is 0. The number of rotatable bonds is 5. The van der Waals surface area contributed by atoms with Crippen molar-refractivity contribution in [3.8, 4) is 0 Å². The Labute approximate surface area is 155 Å². The molecule has 4 aromatic carbocycles. The van der Waals surface area contributed by atoms with Crippen molar-refractivity contribution >= 4 is 32.3 Å². The average molecular weight is 342 g/mol. The summed E-state index contributed by atoms with van der Waals surface area (Å²) in [6, 6.07) is 24.5. The fourth-order valence-electron chi connectivity index (χ4n) is 3.97. The van der Waals surface area contributed by atoms with Gasteiger partial charge >= 0.3 is 0 Å². The Balaban J connectivity index is 1.90. The van der Waals surface area contributed by atoms with Crippen LogP contribution in [-0.2, 0) is 6.54 Å². The van der Waals surface area contributed by atoms with E-state index in [1.807, 2.05) is 0 Å². The molecular formula is C24H26N2. The second-order valence-electron chi connectivity index (χ2n) is 7.34. The minimum Gasteiger partial charge on any atom is -0.297 e. The van der Waals surface area contributed by atoms with E-state index in [-0.39, 0.29) is 0 Å². The van der Waals surface area contributed by atoms with E-state index in [9.17, 15) is 0 Å². The molecule has 0 fully saturated rings. The summed E-state index contributed by atoms with van der Waals surface area (Å²) in [4.78, 5) is 4.69. The maximum Gasteiger partial charge on any atom is 0.0503 e. The highest BCUT2D eigenvalue weighted by Gasteiger charge is 2.10.